The third-order valence-corrected chi connectivity index (χ3v) is 4.76. The Kier molecular flexibility index (Phi) is 9.48. The highest BCUT2D eigenvalue weighted by molar-refractivity contribution is 5.81. The van der Waals surface area contributed by atoms with Crippen LogP contribution in [0.3, 0.4) is 0 Å². The molecule has 1 heterocycles. The number of pyridine rings is 1. The van der Waals surface area contributed by atoms with Gasteiger partial charge in [0, 0.05) is 18.1 Å². The van der Waals surface area contributed by atoms with Crippen molar-refractivity contribution in [2.24, 2.45) is 0 Å². The minimum atomic E-state index is 0.945. The molecule has 1 aromatic carbocycles. The zero-order valence-corrected chi connectivity index (χ0v) is 15.4. The van der Waals surface area contributed by atoms with E-state index >= 15 is 0 Å². The first-order chi connectivity index (χ1) is 11.9. The fourth-order valence-electron chi connectivity index (χ4n) is 3.27. The zero-order valence-electron chi connectivity index (χ0n) is 15.4. The zero-order chi connectivity index (χ0) is 16.9. The maximum Gasteiger partial charge on any atom is 0.0705 e. The van der Waals surface area contributed by atoms with Gasteiger partial charge < -0.3 is 5.32 Å². The Labute approximate surface area is 148 Å². The van der Waals surface area contributed by atoms with Gasteiger partial charge in [-0.15, -0.1) is 0 Å². The van der Waals surface area contributed by atoms with Gasteiger partial charge in [-0.25, -0.2) is 0 Å². The van der Waals surface area contributed by atoms with Crippen molar-refractivity contribution in [3.8, 4) is 0 Å². The van der Waals surface area contributed by atoms with Crippen LogP contribution in [0.5, 0.6) is 0 Å². The van der Waals surface area contributed by atoms with E-state index in [1.54, 1.807) is 0 Å². The van der Waals surface area contributed by atoms with Gasteiger partial charge in [-0.05, 0) is 30.7 Å². The summed E-state index contributed by atoms with van der Waals surface area (Å²) in [4.78, 5) is 4.42. The van der Waals surface area contributed by atoms with Crippen LogP contribution in [-0.2, 0) is 6.54 Å². The number of hydrogen-bond acceptors (Lipinski definition) is 2. The number of unbranched alkanes of at least 4 members (excludes halogenated alkanes) is 9. The van der Waals surface area contributed by atoms with E-state index in [4.69, 9.17) is 0 Å². The number of fused-ring (bicyclic) bond motifs is 1. The van der Waals surface area contributed by atoms with Crippen molar-refractivity contribution in [1.82, 2.24) is 10.3 Å². The van der Waals surface area contributed by atoms with Crippen LogP contribution in [0.15, 0.2) is 36.5 Å². The topological polar surface area (TPSA) is 24.9 Å². The molecule has 0 atom stereocenters. The number of hydrogen-bond donors (Lipinski definition) is 1. The summed E-state index contributed by atoms with van der Waals surface area (Å²) < 4.78 is 0. The smallest absolute Gasteiger partial charge is 0.0705 e. The van der Waals surface area contributed by atoms with Gasteiger partial charge in [-0.3, -0.25) is 4.98 Å². The molecule has 0 aliphatic heterocycles. The molecule has 2 aromatic rings. The number of benzene rings is 1. The van der Waals surface area contributed by atoms with E-state index in [2.05, 4.69) is 47.6 Å². The number of para-hydroxylation sites is 1. The predicted molar refractivity (Wildman–Crippen MR) is 105 cm³/mol. The van der Waals surface area contributed by atoms with Gasteiger partial charge in [-0.1, -0.05) is 82.9 Å². The Morgan fingerprint density at radius 1 is 0.792 bits per heavy atom. The SMILES string of the molecule is CCCCCCCCCCCCNCc1ccnc2ccccc12. The Balaban J connectivity index is 1.49. The van der Waals surface area contributed by atoms with Crippen LogP contribution < -0.4 is 5.32 Å². The first-order valence-corrected chi connectivity index (χ1v) is 9.95. The second-order valence-electron chi connectivity index (χ2n) is 6.85. The van der Waals surface area contributed by atoms with Gasteiger partial charge in [-0.2, -0.15) is 0 Å². The highest BCUT2D eigenvalue weighted by atomic mass is 14.8. The van der Waals surface area contributed by atoms with E-state index in [-0.39, 0.29) is 0 Å². The van der Waals surface area contributed by atoms with Gasteiger partial charge in [0.05, 0.1) is 5.52 Å². The molecule has 0 aliphatic carbocycles. The van der Waals surface area contributed by atoms with E-state index in [0.29, 0.717) is 0 Å². The molecule has 0 radical (unpaired) electrons. The standard InChI is InChI=1S/C22H34N2/c1-2-3-4-5-6-7-8-9-10-13-17-23-19-20-16-18-24-22-15-12-11-14-21(20)22/h11-12,14-16,18,23H,2-10,13,17,19H2,1H3. The van der Waals surface area contributed by atoms with Crippen molar-refractivity contribution in [2.45, 2.75) is 77.7 Å². The lowest BCUT2D eigenvalue weighted by molar-refractivity contribution is 0.544. The summed E-state index contributed by atoms with van der Waals surface area (Å²) in [5.41, 5.74) is 2.45. The average Bonchev–Trinajstić information content (AvgIpc) is 2.63. The van der Waals surface area contributed by atoms with Crippen molar-refractivity contribution >= 4 is 10.9 Å². The third kappa shape index (κ3) is 7.00. The van der Waals surface area contributed by atoms with Crippen LogP contribution in [0.1, 0.15) is 76.7 Å². The molecule has 2 nitrogen and oxygen atoms in total. The van der Waals surface area contributed by atoms with Crippen LogP contribution >= 0.6 is 0 Å². The molecule has 0 bridgehead atoms. The molecular formula is C22H34N2. The van der Waals surface area contributed by atoms with Crippen molar-refractivity contribution in [1.29, 1.82) is 0 Å². The Bertz CT molecular complexity index is 559. The predicted octanol–water partition coefficient (Wildman–Crippen LogP) is 6.25. The first-order valence-electron chi connectivity index (χ1n) is 9.95. The van der Waals surface area contributed by atoms with E-state index in [1.165, 1.54) is 75.2 Å². The second kappa shape index (κ2) is 12.0. The minimum absolute atomic E-state index is 0.945. The highest BCUT2D eigenvalue weighted by Gasteiger charge is 2.00. The molecule has 0 spiro atoms. The average molecular weight is 327 g/mol. The van der Waals surface area contributed by atoms with E-state index < -0.39 is 0 Å². The van der Waals surface area contributed by atoms with E-state index in [1.807, 2.05) is 6.20 Å². The van der Waals surface area contributed by atoms with Gasteiger partial charge >= 0.3 is 0 Å². The molecule has 0 fully saturated rings. The molecule has 0 aliphatic rings. The van der Waals surface area contributed by atoms with Crippen LogP contribution in [-0.4, -0.2) is 11.5 Å². The third-order valence-electron chi connectivity index (χ3n) is 4.76. The number of aromatic nitrogens is 1. The molecule has 0 saturated heterocycles. The molecule has 132 valence electrons. The Hall–Kier alpha value is -1.41. The normalized spacial score (nSPS) is 11.2. The van der Waals surface area contributed by atoms with Crippen molar-refractivity contribution < 1.29 is 0 Å². The highest BCUT2D eigenvalue weighted by Crippen LogP contribution is 2.16. The molecule has 1 aromatic heterocycles. The second-order valence-corrected chi connectivity index (χ2v) is 6.85. The molecule has 0 amide bonds. The van der Waals surface area contributed by atoms with E-state index in [9.17, 15) is 0 Å². The maximum absolute atomic E-state index is 4.42. The number of rotatable bonds is 13. The van der Waals surface area contributed by atoms with E-state index in [0.717, 1.165) is 18.6 Å². The molecule has 2 heteroatoms. The molecule has 1 N–H and O–H groups in total. The lowest BCUT2D eigenvalue weighted by Gasteiger charge is -2.08. The summed E-state index contributed by atoms with van der Waals surface area (Å²) in [6.07, 6.45) is 15.9. The van der Waals surface area contributed by atoms with Crippen molar-refractivity contribution in [3.05, 3.63) is 42.1 Å². The lowest BCUT2D eigenvalue weighted by Crippen LogP contribution is -2.14. The van der Waals surface area contributed by atoms with Gasteiger partial charge in [0.2, 0.25) is 0 Å². The Morgan fingerprint density at radius 2 is 1.46 bits per heavy atom. The maximum atomic E-state index is 4.42. The monoisotopic (exact) mass is 326 g/mol. The van der Waals surface area contributed by atoms with Crippen molar-refractivity contribution in [3.63, 3.8) is 0 Å². The van der Waals surface area contributed by atoms with Crippen LogP contribution in [0, 0.1) is 0 Å². The first kappa shape index (κ1) is 18.9. The molecule has 0 saturated carbocycles. The summed E-state index contributed by atoms with van der Waals surface area (Å²) in [6, 6.07) is 10.5. The summed E-state index contributed by atoms with van der Waals surface area (Å²) in [5.74, 6) is 0. The summed E-state index contributed by atoms with van der Waals surface area (Å²) in [5, 5.41) is 4.86. The quantitative estimate of drug-likeness (QED) is 0.440. The van der Waals surface area contributed by atoms with Gasteiger partial charge in [0.15, 0.2) is 0 Å². The molecule has 0 unspecified atom stereocenters. The lowest BCUT2D eigenvalue weighted by atomic mass is 10.1. The van der Waals surface area contributed by atoms with Crippen LogP contribution in [0.2, 0.25) is 0 Å². The summed E-state index contributed by atoms with van der Waals surface area (Å²) in [7, 11) is 0. The largest absolute Gasteiger partial charge is 0.313 e. The van der Waals surface area contributed by atoms with Crippen LogP contribution in [0.25, 0.3) is 10.9 Å². The summed E-state index contributed by atoms with van der Waals surface area (Å²) >= 11 is 0. The molecule has 24 heavy (non-hydrogen) atoms. The molecule has 2 rings (SSSR count). The molecular weight excluding hydrogens is 292 g/mol. The number of nitrogens with zero attached hydrogens (tertiary/aromatic N) is 1. The van der Waals surface area contributed by atoms with Gasteiger partial charge in [0.1, 0.15) is 0 Å². The van der Waals surface area contributed by atoms with Crippen molar-refractivity contribution in [2.75, 3.05) is 6.54 Å². The van der Waals surface area contributed by atoms with Gasteiger partial charge in [0.25, 0.3) is 0 Å². The summed E-state index contributed by atoms with van der Waals surface area (Å²) in [6.45, 7) is 4.35. The van der Waals surface area contributed by atoms with Crippen LogP contribution in [0.4, 0.5) is 0 Å². The Morgan fingerprint density at radius 3 is 2.21 bits per heavy atom. The number of nitrogens with one attached hydrogen (secondary N) is 1. The fraction of sp³-hybridized carbons (Fsp3) is 0.591. The minimum Gasteiger partial charge on any atom is -0.313 e. The fourth-order valence-corrected chi connectivity index (χ4v) is 3.27.